The summed E-state index contributed by atoms with van der Waals surface area (Å²) in [6.45, 7) is 1.88. The van der Waals surface area contributed by atoms with Gasteiger partial charge in [-0.15, -0.1) is 0 Å². The summed E-state index contributed by atoms with van der Waals surface area (Å²) in [7, 11) is 0. The fraction of sp³-hybridized carbons (Fsp3) is 0.154. The van der Waals surface area contributed by atoms with Crippen molar-refractivity contribution in [1.29, 1.82) is 0 Å². The van der Waals surface area contributed by atoms with E-state index < -0.39 is 0 Å². The monoisotopic (exact) mass is 308 g/mol. The van der Waals surface area contributed by atoms with Crippen LogP contribution >= 0.6 is 23.4 Å². The number of hydrogen-bond donors (Lipinski definition) is 2. The van der Waals surface area contributed by atoms with E-state index in [0.717, 1.165) is 16.3 Å². The molecule has 0 fully saturated rings. The smallest absolute Gasteiger partial charge is 0.244 e. The van der Waals surface area contributed by atoms with Gasteiger partial charge >= 0.3 is 0 Å². The first-order valence-electron chi connectivity index (χ1n) is 5.82. The standard InChI is InChI=1S/C13H13ClN4OS/c1-8-5-12(20-7-11(19)18-15)17-13(16-8)9-3-2-4-10(14)6-9/h2-6H,7,15H2,1H3,(H,18,19). The average Bonchev–Trinajstić information content (AvgIpc) is 2.44. The molecule has 0 unspecified atom stereocenters. The second kappa shape index (κ2) is 6.69. The second-order valence-corrected chi connectivity index (χ2v) is 5.47. The highest BCUT2D eigenvalue weighted by Crippen LogP contribution is 2.23. The molecule has 0 saturated heterocycles. The van der Waals surface area contributed by atoms with Crippen molar-refractivity contribution < 1.29 is 4.79 Å². The van der Waals surface area contributed by atoms with Gasteiger partial charge in [-0.25, -0.2) is 15.8 Å². The first-order valence-corrected chi connectivity index (χ1v) is 7.18. The van der Waals surface area contributed by atoms with Crippen molar-refractivity contribution in [2.75, 3.05) is 5.75 Å². The maximum atomic E-state index is 11.2. The van der Waals surface area contributed by atoms with Gasteiger partial charge in [0.15, 0.2) is 5.82 Å². The topological polar surface area (TPSA) is 80.9 Å². The largest absolute Gasteiger partial charge is 0.294 e. The summed E-state index contributed by atoms with van der Waals surface area (Å²) >= 11 is 7.27. The summed E-state index contributed by atoms with van der Waals surface area (Å²) in [5, 5.41) is 1.35. The highest BCUT2D eigenvalue weighted by molar-refractivity contribution is 7.99. The zero-order chi connectivity index (χ0) is 14.5. The molecule has 0 aliphatic rings. The Morgan fingerprint density at radius 1 is 1.40 bits per heavy atom. The van der Waals surface area contributed by atoms with Gasteiger partial charge in [0, 0.05) is 16.3 Å². The van der Waals surface area contributed by atoms with Crippen molar-refractivity contribution in [3.8, 4) is 11.4 Å². The van der Waals surface area contributed by atoms with Gasteiger partial charge in [-0.1, -0.05) is 35.5 Å². The fourth-order valence-electron chi connectivity index (χ4n) is 1.55. The minimum Gasteiger partial charge on any atom is -0.294 e. The number of rotatable bonds is 4. The first kappa shape index (κ1) is 14.8. The Morgan fingerprint density at radius 2 is 2.20 bits per heavy atom. The predicted octanol–water partition coefficient (Wildman–Crippen LogP) is 2.19. The van der Waals surface area contributed by atoms with Gasteiger partial charge < -0.3 is 0 Å². The lowest BCUT2D eigenvalue weighted by Gasteiger charge is -2.06. The van der Waals surface area contributed by atoms with Gasteiger partial charge in [0.2, 0.25) is 5.91 Å². The Bertz CT molecular complexity index is 636. The van der Waals surface area contributed by atoms with Gasteiger partial charge in [0.05, 0.1) is 5.75 Å². The Hall–Kier alpha value is -1.63. The predicted molar refractivity (Wildman–Crippen MR) is 80.3 cm³/mol. The Morgan fingerprint density at radius 3 is 2.90 bits per heavy atom. The van der Waals surface area contributed by atoms with Crippen LogP contribution < -0.4 is 11.3 Å². The molecule has 5 nitrogen and oxygen atoms in total. The van der Waals surface area contributed by atoms with Crippen molar-refractivity contribution >= 4 is 29.3 Å². The molecule has 1 heterocycles. The highest BCUT2D eigenvalue weighted by atomic mass is 35.5. The number of benzene rings is 1. The second-order valence-electron chi connectivity index (χ2n) is 4.04. The quantitative estimate of drug-likeness (QED) is 0.297. The van der Waals surface area contributed by atoms with Crippen LogP contribution in [-0.2, 0) is 4.79 Å². The number of hydrazine groups is 1. The van der Waals surface area contributed by atoms with Gasteiger partial charge in [-0.2, -0.15) is 0 Å². The molecule has 1 amide bonds. The number of aromatic nitrogens is 2. The van der Waals surface area contributed by atoms with Gasteiger partial charge in [0.25, 0.3) is 0 Å². The van der Waals surface area contributed by atoms with Crippen LogP contribution in [0, 0.1) is 6.92 Å². The third-order valence-corrected chi connectivity index (χ3v) is 3.57. The summed E-state index contributed by atoms with van der Waals surface area (Å²) in [5.74, 6) is 5.59. The van der Waals surface area contributed by atoms with E-state index in [1.54, 1.807) is 12.1 Å². The molecule has 7 heteroatoms. The Labute approximate surface area is 125 Å². The molecule has 1 aromatic carbocycles. The van der Waals surface area contributed by atoms with Crippen molar-refractivity contribution in [3.05, 3.63) is 41.0 Å². The number of aryl methyl sites for hydroxylation is 1. The van der Waals surface area contributed by atoms with Crippen molar-refractivity contribution in [1.82, 2.24) is 15.4 Å². The van der Waals surface area contributed by atoms with Crippen LogP contribution in [0.1, 0.15) is 5.69 Å². The molecular formula is C13H13ClN4OS. The molecule has 0 atom stereocenters. The highest BCUT2D eigenvalue weighted by Gasteiger charge is 2.08. The molecule has 2 rings (SSSR count). The molecule has 20 heavy (non-hydrogen) atoms. The number of nitrogens with two attached hydrogens (primary N) is 1. The summed E-state index contributed by atoms with van der Waals surface area (Å²) < 4.78 is 0. The third-order valence-electron chi connectivity index (χ3n) is 2.43. The number of thioether (sulfide) groups is 1. The van der Waals surface area contributed by atoms with Crippen LogP contribution in [0.3, 0.4) is 0 Å². The van der Waals surface area contributed by atoms with E-state index in [1.165, 1.54) is 11.8 Å². The molecule has 0 aliphatic carbocycles. The van der Waals surface area contributed by atoms with E-state index in [0.29, 0.717) is 10.8 Å². The molecule has 0 aliphatic heterocycles. The van der Waals surface area contributed by atoms with Crippen LogP contribution in [0.5, 0.6) is 0 Å². The van der Waals surface area contributed by atoms with Crippen molar-refractivity contribution in [2.24, 2.45) is 5.84 Å². The van der Waals surface area contributed by atoms with Crippen LogP contribution in [0.4, 0.5) is 0 Å². The Kier molecular flexibility index (Phi) is 4.94. The normalized spacial score (nSPS) is 10.3. The molecule has 3 N–H and O–H groups in total. The lowest BCUT2D eigenvalue weighted by Crippen LogP contribution is -2.31. The zero-order valence-electron chi connectivity index (χ0n) is 10.8. The molecule has 1 aromatic heterocycles. The van der Waals surface area contributed by atoms with Gasteiger partial charge in [-0.3, -0.25) is 10.2 Å². The maximum Gasteiger partial charge on any atom is 0.244 e. The van der Waals surface area contributed by atoms with E-state index in [-0.39, 0.29) is 11.7 Å². The van der Waals surface area contributed by atoms with Crippen LogP contribution in [-0.4, -0.2) is 21.6 Å². The minimum atomic E-state index is -0.254. The number of halogens is 1. The number of carbonyl (C=O) groups is 1. The molecular weight excluding hydrogens is 296 g/mol. The summed E-state index contributed by atoms with van der Waals surface area (Å²) in [6.07, 6.45) is 0. The zero-order valence-corrected chi connectivity index (χ0v) is 12.3. The summed E-state index contributed by atoms with van der Waals surface area (Å²) in [4.78, 5) is 20.0. The fourth-order valence-corrected chi connectivity index (χ4v) is 2.51. The van der Waals surface area contributed by atoms with E-state index >= 15 is 0 Å². The minimum absolute atomic E-state index is 0.210. The number of hydrogen-bond acceptors (Lipinski definition) is 5. The van der Waals surface area contributed by atoms with Gasteiger partial charge in [0.1, 0.15) is 5.03 Å². The van der Waals surface area contributed by atoms with Crippen molar-refractivity contribution in [3.63, 3.8) is 0 Å². The van der Waals surface area contributed by atoms with E-state index in [1.807, 2.05) is 25.1 Å². The number of carbonyl (C=O) groups excluding carboxylic acids is 1. The van der Waals surface area contributed by atoms with Crippen LogP contribution in [0.15, 0.2) is 35.4 Å². The molecule has 0 saturated carbocycles. The van der Waals surface area contributed by atoms with Crippen LogP contribution in [0.2, 0.25) is 5.02 Å². The molecule has 0 bridgehead atoms. The number of nitrogens with zero attached hydrogens (tertiary/aromatic N) is 2. The lowest BCUT2D eigenvalue weighted by molar-refractivity contribution is -0.118. The SMILES string of the molecule is Cc1cc(SCC(=O)NN)nc(-c2cccc(Cl)c2)n1. The third kappa shape index (κ3) is 3.93. The Balaban J connectivity index is 2.26. The van der Waals surface area contributed by atoms with E-state index in [9.17, 15) is 4.79 Å². The van der Waals surface area contributed by atoms with E-state index in [2.05, 4.69) is 15.4 Å². The maximum absolute atomic E-state index is 11.2. The molecule has 0 spiro atoms. The molecule has 104 valence electrons. The number of amides is 1. The summed E-state index contributed by atoms with van der Waals surface area (Å²) in [6, 6.07) is 9.15. The van der Waals surface area contributed by atoms with E-state index in [4.69, 9.17) is 17.4 Å². The van der Waals surface area contributed by atoms with Crippen molar-refractivity contribution in [2.45, 2.75) is 11.9 Å². The van der Waals surface area contributed by atoms with Crippen LogP contribution in [0.25, 0.3) is 11.4 Å². The molecule has 2 aromatic rings. The average molecular weight is 309 g/mol. The summed E-state index contributed by atoms with van der Waals surface area (Å²) in [5.41, 5.74) is 3.75. The van der Waals surface area contributed by atoms with Gasteiger partial charge in [-0.05, 0) is 25.1 Å². The first-order chi connectivity index (χ1) is 9.58. The lowest BCUT2D eigenvalue weighted by atomic mass is 10.2. The molecule has 0 radical (unpaired) electrons. The number of nitrogens with one attached hydrogen (secondary N) is 1.